The van der Waals surface area contributed by atoms with Crippen molar-refractivity contribution in [1.29, 1.82) is 5.26 Å². The van der Waals surface area contributed by atoms with E-state index in [0.717, 1.165) is 5.56 Å². The van der Waals surface area contributed by atoms with Gasteiger partial charge in [-0.2, -0.15) is 5.26 Å². The molecule has 0 fully saturated rings. The standard InChI is InChI=1S/C29H25FN6O3/c1-17-11-22(30)24(35-27(37)20-7-9-33-25(13-20)29(2,3)16-31)15-21(17)18-5-8-32-23(12-18)19-6-10-34-26(14-19)36-28(38)39-4/h5-15H,1-4H3,(H,35,37)(H,34,36,38). The largest absolute Gasteiger partial charge is 0.453 e. The van der Waals surface area contributed by atoms with Crippen LogP contribution in [0.1, 0.15) is 35.5 Å². The van der Waals surface area contributed by atoms with Gasteiger partial charge >= 0.3 is 6.09 Å². The number of nitrogens with zero attached hydrogens (tertiary/aromatic N) is 4. The Morgan fingerprint density at radius 3 is 2.41 bits per heavy atom. The number of benzene rings is 1. The Morgan fingerprint density at radius 1 is 0.949 bits per heavy atom. The number of nitriles is 1. The first-order chi connectivity index (χ1) is 18.6. The zero-order valence-electron chi connectivity index (χ0n) is 21.7. The summed E-state index contributed by atoms with van der Waals surface area (Å²) in [6.45, 7) is 5.18. The molecular weight excluding hydrogens is 499 g/mol. The number of amides is 2. The third-order valence-electron chi connectivity index (χ3n) is 6.05. The van der Waals surface area contributed by atoms with Gasteiger partial charge in [0.05, 0.1) is 35.7 Å². The summed E-state index contributed by atoms with van der Waals surface area (Å²) in [5.41, 5.74) is 3.20. The minimum atomic E-state index is -0.886. The van der Waals surface area contributed by atoms with Crippen molar-refractivity contribution in [2.75, 3.05) is 17.7 Å². The lowest BCUT2D eigenvalue weighted by molar-refractivity contribution is 0.102. The van der Waals surface area contributed by atoms with Crippen molar-refractivity contribution in [3.63, 3.8) is 0 Å². The van der Waals surface area contributed by atoms with Gasteiger partial charge < -0.3 is 10.1 Å². The molecular formula is C29H25FN6O3. The monoisotopic (exact) mass is 524 g/mol. The summed E-state index contributed by atoms with van der Waals surface area (Å²) < 4.78 is 19.5. The SMILES string of the molecule is COC(=O)Nc1cc(-c2cc(-c3cc(NC(=O)c4ccnc(C(C)(C)C#N)c4)c(F)cc3C)ccn2)ccn1. The van der Waals surface area contributed by atoms with Gasteiger partial charge in [-0.1, -0.05) is 0 Å². The van der Waals surface area contributed by atoms with Gasteiger partial charge in [0, 0.05) is 29.7 Å². The molecule has 10 heteroatoms. The number of hydrogen-bond donors (Lipinski definition) is 2. The highest BCUT2D eigenvalue weighted by Gasteiger charge is 2.23. The minimum Gasteiger partial charge on any atom is -0.453 e. The summed E-state index contributed by atoms with van der Waals surface area (Å²) in [4.78, 5) is 37.3. The lowest BCUT2D eigenvalue weighted by atomic mass is 9.90. The number of pyridine rings is 3. The number of carbonyl (C=O) groups is 2. The Morgan fingerprint density at radius 2 is 1.67 bits per heavy atom. The van der Waals surface area contributed by atoms with Gasteiger partial charge in [0.15, 0.2) is 0 Å². The zero-order valence-corrected chi connectivity index (χ0v) is 21.7. The van der Waals surface area contributed by atoms with Crippen molar-refractivity contribution >= 4 is 23.5 Å². The molecule has 4 rings (SSSR count). The number of rotatable bonds is 6. The molecule has 196 valence electrons. The molecule has 0 atom stereocenters. The summed E-state index contributed by atoms with van der Waals surface area (Å²) in [6.07, 6.45) is 3.96. The van der Waals surface area contributed by atoms with Crippen LogP contribution in [-0.2, 0) is 10.2 Å². The number of ether oxygens (including phenoxy) is 1. The number of hydrogen-bond acceptors (Lipinski definition) is 7. The highest BCUT2D eigenvalue weighted by atomic mass is 19.1. The van der Waals surface area contributed by atoms with E-state index in [0.29, 0.717) is 33.9 Å². The van der Waals surface area contributed by atoms with E-state index in [1.165, 1.54) is 37.7 Å². The van der Waals surface area contributed by atoms with Crippen molar-refractivity contribution < 1.29 is 18.7 Å². The van der Waals surface area contributed by atoms with Gasteiger partial charge in [0.1, 0.15) is 11.6 Å². The van der Waals surface area contributed by atoms with E-state index in [1.54, 1.807) is 51.2 Å². The maximum Gasteiger partial charge on any atom is 0.412 e. The lowest BCUT2D eigenvalue weighted by Gasteiger charge is -2.16. The molecule has 0 aliphatic heterocycles. The van der Waals surface area contributed by atoms with Crippen LogP contribution < -0.4 is 10.6 Å². The second-order valence-corrected chi connectivity index (χ2v) is 9.24. The van der Waals surface area contributed by atoms with Crippen LogP contribution >= 0.6 is 0 Å². The van der Waals surface area contributed by atoms with Gasteiger partial charge in [-0.05, 0) is 86.0 Å². The number of halogens is 1. The van der Waals surface area contributed by atoms with E-state index >= 15 is 0 Å². The average Bonchev–Trinajstić information content (AvgIpc) is 2.94. The van der Waals surface area contributed by atoms with Crippen molar-refractivity contribution in [2.45, 2.75) is 26.2 Å². The van der Waals surface area contributed by atoms with Crippen LogP contribution in [0.4, 0.5) is 20.7 Å². The number of aromatic nitrogens is 3. The van der Waals surface area contributed by atoms with Crippen LogP contribution in [0.5, 0.6) is 0 Å². The highest BCUT2D eigenvalue weighted by Crippen LogP contribution is 2.31. The van der Waals surface area contributed by atoms with E-state index in [2.05, 4.69) is 36.4 Å². The molecule has 0 bridgehead atoms. The van der Waals surface area contributed by atoms with Crippen molar-refractivity contribution in [3.8, 4) is 28.5 Å². The summed E-state index contributed by atoms with van der Waals surface area (Å²) in [7, 11) is 1.26. The van der Waals surface area contributed by atoms with E-state index in [1.807, 2.05) is 6.07 Å². The number of methoxy groups -OCH3 is 1. The molecule has 0 radical (unpaired) electrons. The summed E-state index contributed by atoms with van der Waals surface area (Å²) >= 11 is 0. The average molecular weight is 525 g/mol. The second-order valence-electron chi connectivity index (χ2n) is 9.24. The Hall–Kier alpha value is -5.17. The Labute approximate surface area is 224 Å². The van der Waals surface area contributed by atoms with Gasteiger partial charge in [0.2, 0.25) is 0 Å². The fourth-order valence-corrected chi connectivity index (χ4v) is 3.81. The second kappa shape index (κ2) is 11.1. The van der Waals surface area contributed by atoms with Crippen LogP contribution in [0.2, 0.25) is 0 Å². The van der Waals surface area contributed by atoms with E-state index in [-0.39, 0.29) is 11.3 Å². The molecule has 1 aromatic carbocycles. The number of carbonyl (C=O) groups excluding carboxylic acids is 2. The molecule has 0 saturated carbocycles. The Kier molecular flexibility index (Phi) is 7.63. The topological polar surface area (TPSA) is 130 Å². The van der Waals surface area contributed by atoms with Crippen LogP contribution in [0, 0.1) is 24.1 Å². The predicted molar refractivity (Wildman–Crippen MR) is 144 cm³/mol. The number of nitrogens with one attached hydrogen (secondary N) is 2. The maximum absolute atomic E-state index is 14.9. The molecule has 3 heterocycles. The van der Waals surface area contributed by atoms with Gasteiger partial charge in [-0.3, -0.25) is 20.1 Å². The fourth-order valence-electron chi connectivity index (χ4n) is 3.81. The molecule has 39 heavy (non-hydrogen) atoms. The molecule has 3 aromatic heterocycles. The number of aryl methyl sites for hydroxylation is 1. The quantitative estimate of drug-likeness (QED) is 0.322. The first-order valence-corrected chi connectivity index (χ1v) is 11.9. The molecule has 0 aliphatic rings. The third-order valence-corrected chi connectivity index (χ3v) is 6.05. The Balaban J connectivity index is 1.65. The summed E-state index contributed by atoms with van der Waals surface area (Å²) in [5.74, 6) is -0.816. The molecule has 0 aliphatic carbocycles. The minimum absolute atomic E-state index is 0.00495. The first kappa shape index (κ1) is 26.9. The molecule has 0 spiro atoms. The predicted octanol–water partition coefficient (Wildman–Crippen LogP) is 5.88. The summed E-state index contributed by atoms with van der Waals surface area (Å²) in [5, 5.41) is 14.5. The normalized spacial score (nSPS) is 10.9. The lowest BCUT2D eigenvalue weighted by Crippen LogP contribution is -2.19. The van der Waals surface area contributed by atoms with Crippen LogP contribution in [0.15, 0.2) is 67.1 Å². The van der Waals surface area contributed by atoms with Crippen LogP contribution in [-0.4, -0.2) is 34.1 Å². The maximum atomic E-state index is 14.9. The molecule has 4 aromatic rings. The summed E-state index contributed by atoms with van der Waals surface area (Å²) in [6, 6.07) is 15.1. The van der Waals surface area contributed by atoms with Crippen molar-refractivity contribution in [2.24, 2.45) is 0 Å². The molecule has 2 N–H and O–H groups in total. The van der Waals surface area contributed by atoms with Crippen LogP contribution in [0.3, 0.4) is 0 Å². The third kappa shape index (κ3) is 6.05. The smallest absolute Gasteiger partial charge is 0.412 e. The van der Waals surface area contributed by atoms with Gasteiger partial charge in [-0.15, -0.1) is 0 Å². The fraction of sp³-hybridized carbons (Fsp3) is 0.172. The van der Waals surface area contributed by atoms with E-state index < -0.39 is 23.2 Å². The Bertz CT molecular complexity index is 1610. The highest BCUT2D eigenvalue weighted by molar-refractivity contribution is 6.04. The van der Waals surface area contributed by atoms with Crippen molar-refractivity contribution in [3.05, 3.63) is 89.8 Å². The molecule has 2 amide bonds. The van der Waals surface area contributed by atoms with Crippen molar-refractivity contribution in [1.82, 2.24) is 15.0 Å². The van der Waals surface area contributed by atoms with Gasteiger partial charge in [-0.25, -0.2) is 14.2 Å². The van der Waals surface area contributed by atoms with E-state index in [4.69, 9.17) is 0 Å². The zero-order chi connectivity index (χ0) is 28.2. The molecule has 0 saturated heterocycles. The first-order valence-electron chi connectivity index (χ1n) is 11.9. The number of anilines is 2. The van der Waals surface area contributed by atoms with E-state index in [9.17, 15) is 19.2 Å². The molecule has 0 unspecified atom stereocenters. The van der Waals surface area contributed by atoms with Crippen LogP contribution in [0.25, 0.3) is 22.4 Å². The molecule has 9 nitrogen and oxygen atoms in total. The van der Waals surface area contributed by atoms with Gasteiger partial charge in [0.25, 0.3) is 5.91 Å².